The Bertz CT molecular complexity index is 646. The lowest BCUT2D eigenvalue weighted by atomic mass is 10.1. The average Bonchev–Trinajstić information content (AvgIpc) is 2.42. The molecular formula is C15H16ClFN2O. The normalized spacial score (nSPS) is 10.4. The Balaban J connectivity index is 2.46. The largest absolute Gasteiger partial charge is 0.494 e. The van der Waals surface area contributed by atoms with E-state index in [0.29, 0.717) is 16.4 Å². The van der Waals surface area contributed by atoms with E-state index in [1.807, 2.05) is 13.0 Å². The Morgan fingerprint density at radius 2 is 1.95 bits per heavy atom. The van der Waals surface area contributed by atoms with Crippen LogP contribution in [-0.4, -0.2) is 14.2 Å². The highest BCUT2D eigenvalue weighted by Crippen LogP contribution is 2.36. The molecule has 2 rings (SSSR count). The summed E-state index contributed by atoms with van der Waals surface area (Å²) in [6.45, 7) is 1.93. The molecule has 0 unspecified atom stereocenters. The number of anilines is 3. The van der Waals surface area contributed by atoms with Gasteiger partial charge in [0.1, 0.15) is 0 Å². The van der Waals surface area contributed by atoms with Gasteiger partial charge in [0.2, 0.25) is 0 Å². The highest BCUT2D eigenvalue weighted by Gasteiger charge is 2.13. The second-order valence-electron chi connectivity index (χ2n) is 4.57. The van der Waals surface area contributed by atoms with E-state index in [1.165, 1.54) is 13.2 Å². The molecule has 0 aliphatic heterocycles. The lowest BCUT2D eigenvalue weighted by molar-refractivity contribution is 0.386. The molecule has 2 aromatic rings. The molecule has 2 aromatic carbocycles. The monoisotopic (exact) mass is 294 g/mol. The van der Waals surface area contributed by atoms with E-state index in [0.717, 1.165) is 11.3 Å². The van der Waals surface area contributed by atoms with Crippen LogP contribution in [0, 0.1) is 12.7 Å². The van der Waals surface area contributed by atoms with Crippen LogP contribution in [0.2, 0.25) is 5.02 Å². The number of rotatable bonds is 3. The van der Waals surface area contributed by atoms with Gasteiger partial charge in [-0.25, -0.2) is 4.39 Å². The van der Waals surface area contributed by atoms with Crippen LogP contribution in [0.4, 0.5) is 21.5 Å². The van der Waals surface area contributed by atoms with Crippen LogP contribution in [0.25, 0.3) is 0 Å². The van der Waals surface area contributed by atoms with Crippen molar-refractivity contribution >= 4 is 28.7 Å². The van der Waals surface area contributed by atoms with Crippen molar-refractivity contribution in [3.05, 3.63) is 46.7 Å². The van der Waals surface area contributed by atoms with Crippen molar-refractivity contribution in [1.82, 2.24) is 0 Å². The molecule has 0 aliphatic rings. The Kier molecular flexibility index (Phi) is 4.04. The zero-order valence-corrected chi connectivity index (χ0v) is 12.3. The van der Waals surface area contributed by atoms with Gasteiger partial charge in [-0.15, -0.1) is 0 Å². The highest BCUT2D eigenvalue weighted by atomic mass is 35.5. The Morgan fingerprint density at radius 1 is 1.25 bits per heavy atom. The fourth-order valence-corrected chi connectivity index (χ4v) is 2.26. The van der Waals surface area contributed by atoms with Gasteiger partial charge in [-0.1, -0.05) is 11.6 Å². The molecule has 0 heterocycles. The molecule has 3 nitrogen and oxygen atoms in total. The maximum Gasteiger partial charge on any atom is 0.167 e. The second kappa shape index (κ2) is 5.59. The van der Waals surface area contributed by atoms with Gasteiger partial charge in [0.05, 0.1) is 23.5 Å². The molecule has 20 heavy (non-hydrogen) atoms. The van der Waals surface area contributed by atoms with Crippen molar-refractivity contribution in [2.45, 2.75) is 6.92 Å². The van der Waals surface area contributed by atoms with Crippen LogP contribution >= 0.6 is 11.6 Å². The number of hydrogen-bond donors (Lipinski definition) is 1. The van der Waals surface area contributed by atoms with Crippen LogP contribution < -0.4 is 15.4 Å². The summed E-state index contributed by atoms with van der Waals surface area (Å²) in [4.78, 5) is 1.79. The molecule has 2 N–H and O–H groups in total. The minimum atomic E-state index is -0.423. The van der Waals surface area contributed by atoms with Gasteiger partial charge in [-0.3, -0.25) is 0 Å². The molecule has 0 spiro atoms. The van der Waals surface area contributed by atoms with Crippen molar-refractivity contribution in [3.63, 3.8) is 0 Å². The van der Waals surface area contributed by atoms with E-state index < -0.39 is 5.82 Å². The second-order valence-corrected chi connectivity index (χ2v) is 4.94. The number of benzene rings is 2. The van der Waals surface area contributed by atoms with Gasteiger partial charge in [-0.05, 0) is 36.8 Å². The zero-order valence-electron chi connectivity index (χ0n) is 11.6. The zero-order chi connectivity index (χ0) is 14.9. The first-order chi connectivity index (χ1) is 9.43. The van der Waals surface area contributed by atoms with E-state index in [1.54, 1.807) is 30.1 Å². The molecule has 0 atom stereocenters. The fourth-order valence-electron chi connectivity index (χ4n) is 2.02. The molecule has 0 amide bonds. The summed E-state index contributed by atoms with van der Waals surface area (Å²) in [6, 6.07) is 8.44. The fraction of sp³-hybridized carbons (Fsp3) is 0.200. The Hall–Kier alpha value is -1.94. The van der Waals surface area contributed by atoms with Crippen LogP contribution in [0.5, 0.6) is 5.75 Å². The molecule has 0 radical (unpaired) electrons. The third-order valence-electron chi connectivity index (χ3n) is 3.11. The number of hydrogen-bond acceptors (Lipinski definition) is 3. The van der Waals surface area contributed by atoms with Crippen molar-refractivity contribution in [2.24, 2.45) is 0 Å². The van der Waals surface area contributed by atoms with Crippen molar-refractivity contribution in [1.29, 1.82) is 0 Å². The molecule has 0 aliphatic carbocycles. The number of ether oxygens (including phenoxy) is 1. The lowest BCUT2D eigenvalue weighted by Gasteiger charge is -2.22. The summed E-state index contributed by atoms with van der Waals surface area (Å²) < 4.78 is 18.7. The van der Waals surface area contributed by atoms with Crippen LogP contribution in [0.1, 0.15) is 5.56 Å². The smallest absolute Gasteiger partial charge is 0.167 e. The molecule has 5 heteroatoms. The first-order valence-corrected chi connectivity index (χ1v) is 6.44. The van der Waals surface area contributed by atoms with Crippen molar-refractivity contribution in [2.75, 3.05) is 24.8 Å². The Morgan fingerprint density at radius 3 is 2.55 bits per heavy atom. The third kappa shape index (κ3) is 2.65. The summed E-state index contributed by atoms with van der Waals surface area (Å²) in [5.41, 5.74) is 8.74. The standard InChI is InChI=1S/C15H16ClFN2O/c1-9-6-12(18)15(16)13(7-9)19(2)10-4-5-14(20-3)11(17)8-10/h4-8H,18H2,1-3H3. The third-order valence-corrected chi connectivity index (χ3v) is 3.52. The first kappa shape index (κ1) is 14.5. The van der Waals surface area contributed by atoms with Gasteiger partial charge in [0.15, 0.2) is 11.6 Å². The Labute approximate surface area is 122 Å². The van der Waals surface area contributed by atoms with Crippen LogP contribution in [0.15, 0.2) is 30.3 Å². The molecule has 106 valence electrons. The van der Waals surface area contributed by atoms with Crippen LogP contribution in [-0.2, 0) is 0 Å². The first-order valence-electron chi connectivity index (χ1n) is 6.07. The van der Waals surface area contributed by atoms with Crippen molar-refractivity contribution < 1.29 is 9.13 Å². The van der Waals surface area contributed by atoms with E-state index >= 15 is 0 Å². The average molecular weight is 295 g/mol. The molecule has 0 bridgehead atoms. The SMILES string of the molecule is COc1ccc(N(C)c2cc(C)cc(N)c2Cl)cc1F. The number of nitrogens with two attached hydrogens (primary N) is 1. The van der Waals surface area contributed by atoms with Crippen LogP contribution in [0.3, 0.4) is 0 Å². The van der Waals surface area contributed by atoms with E-state index in [4.69, 9.17) is 22.1 Å². The number of nitrogens with zero attached hydrogens (tertiary/aromatic N) is 1. The number of nitrogen functional groups attached to an aromatic ring is 1. The minimum Gasteiger partial charge on any atom is -0.494 e. The van der Waals surface area contributed by atoms with Gasteiger partial charge in [0, 0.05) is 18.8 Å². The maximum absolute atomic E-state index is 13.8. The van der Waals surface area contributed by atoms with E-state index in [9.17, 15) is 4.39 Å². The highest BCUT2D eigenvalue weighted by molar-refractivity contribution is 6.36. The van der Waals surface area contributed by atoms with E-state index in [-0.39, 0.29) is 5.75 Å². The molecule has 0 fully saturated rings. The summed E-state index contributed by atoms with van der Waals surface area (Å²) in [6.07, 6.45) is 0. The molecule has 0 saturated carbocycles. The predicted octanol–water partition coefficient (Wildman–Crippen LogP) is 4.15. The van der Waals surface area contributed by atoms with Gasteiger partial charge < -0.3 is 15.4 Å². The summed E-state index contributed by atoms with van der Waals surface area (Å²) in [7, 11) is 3.24. The van der Waals surface area contributed by atoms with Gasteiger partial charge in [-0.2, -0.15) is 0 Å². The summed E-state index contributed by atoms with van der Waals surface area (Å²) in [5.74, 6) is -0.217. The minimum absolute atomic E-state index is 0.206. The van der Waals surface area contributed by atoms with E-state index in [2.05, 4.69) is 0 Å². The number of methoxy groups -OCH3 is 1. The predicted molar refractivity (Wildman–Crippen MR) is 81.6 cm³/mol. The lowest BCUT2D eigenvalue weighted by Crippen LogP contribution is -2.11. The summed E-state index contributed by atoms with van der Waals surface area (Å²) >= 11 is 6.22. The molecular weight excluding hydrogens is 279 g/mol. The topological polar surface area (TPSA) is 38.5 Å². The van der Waals surface area contributed by atoms with Gasteiger partial charge >= 0.3 is 0 Å². The quantitative estimate of drug-likeness (QED) is 0.864. The number of aryl methyl sites for hydroxylation is 1. The molecule has 0 saturated heterocycles. The summed E-state index contributed by atoms with van der Waals surface area (Å²) in [5, 5.41) is 0.453. The molecule has 0 aromatic heterocycles. The van der Waals surface area contributed by atoms with Gasteiger partial charge in [0.25, 0.3) is 0 Å². The maximum atomic E-state index is 13.8. The number of halogens is 2. The van der Waals surface area contributed by atoms with Crippen molar-refractivity contribution in [3.8, 4) is 5.75 Å².